The second kappa shape index (κ2) is 6.26. The summed E-state index contributed by atoms with van der Waals surface area (Å²) in [6.07, 6.45) is 2.44. The standard InChI is InChI=1S/C13H22N2O4S/c1-3-15-7-13(6-12(15)8-16)20(17,18)14-10(2)11-4-5-19-9-11/h6-7,10-11,14,16H,3-5,8-9H2,1-2H3. The highest BCUT2D eigenvalue weighted by Crippen LogP contribution is 2.20. The second-order valence-electron chi connectivity index (χ2n) is 5.14. The lowest BCUT2D eigenvalue weighted by Crippen LogP contribution is -2.38. The SMILES string of the molecule is CCn1cc(S(=O)(=O)NC(C)C2CCOC2)cc1CO. The highest BCUT2D eigenvalue weighted by atomic mass is 32.2. The van der Waals surface area contributed by atoms with Crippen molar-refractivity contribution in [2.75, 3.05) is 13.2 Å². The van der Waals surface area contributed by atoms with Crippen LogP contribution in [0.25, 0.3) is 0 Å². The molecule has 20 heavy (non-hydrogen) atoms. The van der Waals surface area contributed by atoms with Crippen LogP contribution in [0.2, 0.25) is 0 Å². The second-order valence-corrected chi connectivity index (χ2v) is 6.86. The smallest absolute Gasteiger partial charge is 0.242 e. The van der Waals surface area contributed by atoms with Crippen molar-refractivity contribution >= 4 is 10.0 Å². The highest BCUT2D eigenvalue weighted by Gasteiger charge is 2.27. The Balaban J connectivity index is 2.15. The van der Waals surface area contributed by atoms with Gasteiger partial charge in [-0.15, -0.1) is 0 Å². The molecular formula is C13H22N2O4S. The Kier molecular flexibility index (Phi) is 4.85. The number of aryl methyl sites for hydroxylation is 1. The van der Waals surface area contributed by atoms with Gasteiger partial charge in [0.25, 0.3) is 0 Å². The molecule has 0 amide bonds. The van der Waals surface area contributed by atoms with Crippen LogP contribution in [0.15, 0.2) is 17.2 Å². The Hall–Kier alpha value is -0.890. The largest absolute Gasteiger partial charge is 0.390 e. The van der Waals surface area contributed by atoms with Gasteiger partial charge in [0.05, 0.1) is 18.1 Å². The van der Waals surface area contributed by atoms with Gasteiger partial charge in [-0.3, -0.25) is 0 Å². The van der Waals surface area contributed by atoms with Gasteiger partial charge in [-0.05, 0) is 26.3 Å². The molecule has 7 heteroatoms. The Morgan fingerprint density at radius 3 is 2.85 bits per heavy atom. The molecule has 2 unspecified atom stereocenters. The minimum atomic E-state index is -3.56. The fourth-order valence-corrected chi connectivity index (χ4v) is 3.83. The van der Waals surface area contributed by atoms with E-state index in [4.69, 9.17) is 4.74 Å². The zero-order valence-corrected chi connectivity index (χ0v) is 12.7. The summed E-state index contributed by atoms with van der Waals surface area (Å²) in [5.74, 6) is 0.218. The van der Waals surface area contributed by atoms with E-state index in [2.05, 4.69) is 4.72 Å². The van der Waals surface area contributed by atoms with Crippen molar-refractivity contribution in [1.29, 1.82) is 0 Å². The summed E-state index contributed by atoms with van der Waals surface area (Å²) in [5, 5.41) is 9.23. The van der Waals surface area contributed by atoms with Gasteiger partial charge in [0.15, 0.2) is 0 Å². The summed E-state index contributed by atoms with van der Waals surface area (Å²) < 4.78 is 34.4. The lowest BCUT2D eigenvalue weighted by atomic mass is 10.0. The van der Waals surface area contributed by atoms with E-state index in [9.17, 15) is 13.5 Å². The molecule has 2 rings (SSSR count). The Morgan fingerprint density at radius 2 is 2.35 bits per heavy atom. The Labute approximate surface area is 119 Å². The van der Waals surface area contributed by atoms with Crippen molar-refractivity contribution in [3.63, 3.8) is 0 Å². The van der Waals surface area contributed by atoms with E-state index < -0.39 is 10.0 Å². The van der Waals surface area contributed by atoms with Crippen molar-refractivity contribution < 1.29 is 18.3 Å². The maximum Gasteiger partial charge on any atom is 0.242 e. The number of hydrogen-bond donors (Lipinski definition) is 2. The van der Waals surface area contributed by atoms with Crippen LogP contribution in [0.4, 0.5) is 0 Å². The number of hydrogen-bond acceptors (Lipinski definition) is 4. The number of aliphatic hydroxyl groups excluding tert-OH is 1. The topological polar surface area (TPSA) is 80.6 Å². The Bertz CT molecular complexity index is 525. The number of nitrogens with zero attached hydrogens (tertiary/aromatic N) is 1. The van der Waals surface area contributed by atoms with Gasteiger partial charge in [0.1, 0.15) is 0 Å². The van der Waals surface area contributed by atoms with Crippen LogP contribution < -0.4 is 4.72 Å². The van der Waals surface area contributed by atoms with Gasteiger partial charge in [-0.2, -0.15) is 0 Å². The first-order valence-electron chi connectivity index (χ1n) is 6.88. The van der Waals surface area contributed by atoms with Crippen molar-refractivity contribution in [1.82, 2.24) is 9.29 Å². The summed E-state index contributed by atoms with van der Waals surface area (Å²) in [4.78, 5) is 0.203. The third kappa shape index (κ3) is 3.22. The molecule has 0 saturated carbocycles. The number of aromatic nitrogens is 1. The first-order chi connectivity index (χ1) is 9.47. The van der Waals surface area contributed by atoms with Crippen molar-refractivity contribution in [3.8, 4) is 0 Å². The summed E-state index contributed by atoms with van der Waals surface area (Å²) >= 11 is 0. The number of sulfonamides is 1. The molecule has 2 N–H and O–H groups in total. The summed E-state index contributed by atoms with van der Waals surface area (Å²) in [5.41, 5.74) is 0.602. The summed E-state index contributed by atoms with van der Waals surface area (Å²) in [7, 11) is -3.56. The third-order valence-corrected chi connectivity index (χ3v) is 5.31. The lowest BCUT2D eigenvalue weighted by Gasteiger charge is -2.18. The first-order valence-corrected chi connectivity index (χ1v) is 8.36. The van der Waals surface area contributed by atoms with Crippen LogP contribution in [-0.4, -0.2) is 37.3 Å². The molecule has 1 fully saturated rings. The van der Waals surface area contributed by atoms with Gasteiger partial charge in [0, 0.05) is 37.0 Å². The van der Waals surface area contributed by atoms with Crippen LogP contribution in [0.1, 0.15) is 26.0 Å². The predicted molar refractivity (Wildman–Crippen MR) is 74.7 cm³/mol. The molecule has 1 aliphatic heterocycles. The summed E-state index contributed by atoms with van der Waals surface area (Å²) in [6.45, 7) is 5.51. The maximum atomic E-state index is 12.3. The fraction of sp³-hybridized carbons (Fsp3) is 0.692. The molecule has 0 radical (unpaired) electrons. The van der Waals surface area contributed by atoms with Gasteiger partial charge in [-0.25, -0.2) is 13.1 Å². The van der Waals surface area contributed by atoms with Crippen LogP contribution >= 0.6 is 0 Å². The van der Waals surface area contributed by atoms with E-state index in [0.717, 1.165) is 6.42 Å². The zero-order valence-electron chi connectivity index (χ0n) is 11.9. The average Bonchev–Trinajstić information content (AvgIpc) is 3.07. The number of rotatable bonds is 6. The number of aliphatic hydroxyl groups is 1. The quantitative estimate of drug-likeness (QED) is 0.811. The first kappa shape index (κ1) is 15.5. The van der Waals surface area contributed by atoms with Crippen molar-refractivity contribution in [2.24, 2.45) is 5.92 Å². The van der Waals surface area contributed by atoms with Gasteiger partial charge >= 0.3 is 0 Å². The van der Waals surface area contributed by atoms with Gasteiger partial charge in [-0.1, -0.05) is 0 Å². The third-order valence-electron chi connectivity index (χ3n) is 3.79. The normalized spacial score (nSPS) is 21.2. The molecule has 0 aromatic carbocycles. The van der Waals surface area contributed by atoms with E-state index in [1.54, 1.807) is 10.8 Å². The molecule has 1 aromatic heterocycles. The molecule has 0 bridgehead atoms. The molecule has 1 aliphatic rings. The van der Waals surface area contributed by atoms with E-state index in [0.29, 0.717) is 25.5 Å². The predicted octanol–water partition coefficient (Wildman–Crippen LogP) is 0.704. The Morgan fingerprint density at radius 1 is 1.60 bits per heavy atom. The van der Waals surface area contributed by atoms with Crippen LogP contribution in [0.5, 0.6) is 0 Å². The highest BCUT2D eigenvalue weighted by molar-refractivity contribution is 7.89. The molecule has 6 nitrogen and oxygen atoms in total. The van der Waals surface area contributed by atoms with E-state index in [1.165, 1.54) is 6.07 Å². The average molecular weight is 302 g/mol. The van der Waals surface area contributed by atoms with Crippen molar-refractivity contribution in [2.45, 2.75) is 44.4 Å². The zero-order chi connectivity index (χ0) is 14.8. The summed E-state index contributed by atoms with van der Waals surface area (Å²) in [6, 6.07) is 1.36. The minimum Gasteiger partial charge on any atom is -0.390 e. The van der Waals surface area contributed by atoms with E-state index in [-0.39, 0.29) is 23.5 Å². The number of ether oxygens (including phenoxy) is 1. The fourth-order valence-electron chi connectivity index (χ4n) is 2.45. The maximum absolute atomic E-state index is 12.3. The van der Waals surface area contributed by atoms with Crippen LogP contribution in [0, 0.1) is 5.92 Å². The molecule has 2 atom stereocenters. The van der Waals surface area contributed by atoms with Crippen LogP contribution in [-0.2, 0) is 27.9 Å². The van der Waals surface area contributed by atoms with Gasteiger partial charge in [0.2, 0.25) is 10.0 Å². The number of nitrogens with one attached hydrogen (secondary N) is 1. The van der Waals surface area contributed by atoms with Gasteiger partial charge < -0.3 is 14.4 Å². The molecular weight excluding hydrogens is 280 g/mol. The molecule has 0 aliphatic carbocycles. The monoisotopic (exact) mass is 302 g/mol. The molecule has 1 aromatic rings. The molecule has 0 spiro atoms. The van der Waals surface area contributed by atoms with Crippen LogP contribution in [0.3, 0.4) is 0 Å². The lowest BCUT2D eigenvalue weighted by molar-refractivity contribution is 0.180. The molecule has 114 valence electrons. The van der Waals surface area contributed by atoms with E-state index >= 15 is 0 Å². The van der Waals surface area contributed by atoms with E-state index in [1.807, 2.05) is 13.8 Å². The minimum absolute atomic E-state index is 0.162. The van der Waals surface area contributed by atoms with Crippen molar-refractivity contribution in [3.05, 3.63) is 18.0 Å². The molecule has 1 saturated heterocycles. The molecule has 2 heterocycles.